The number of rotatable bonds is 4. The van der Waals surface area contributed by atoms with Crippen LogP contribution in [0.2, 0.25) is 0 Å². The van der Waals surface area contributed by atoms with Crippen LogP contribution in [0.25, 0.3) is 0 Å². The summed E-state index contributed by atoms with van der Waals surface area (Å²) >= 11 is 0. The molecule has 1 fully saturated rings. The molecule has 1 heterocycles. The van der Waals surface area contributed by atoms with Gasteiger partial charge in [-0.3, -0.25) is 0 Å². The SMILES string of the molecule is COc1cccnc1N(C)C1CCCC1CN. The summed E-state index contributed by atoms with van der Waals surface area (Å²) in [6, 6.07) is 4.33. The van der Waals surface area contributed by atoms with Crippen LogP contribution in [-0.4, -0.2) is 31.7 Å². The first-order valence-electron chi connectivity index (χ1n) is 6.19. The zero-order chi connectivity index (χ0) is 12.3. The Balaban J connectivity index is 2.21. The summed E-state index contributed by atoms with van der Waals surface area (Å²) in [7, 11) is 3.77. The van der Waals surface area contributed by atoms with E-state index >= 15 is 0 Å². The van der Waals surface area contributed by atoms with E-state index in [0.29, 0.717) is 12.0 Å². The molecule has 1 saturated carbocycles. The van der Waals surface area contributed by atoms with E-state index in [2.05, 4.69) is 16.9 Å². The Kier molecular flexibility index (Phi) is 3.84. The van der Waals surface area contributed by atoms with Crippen molar-refractivity contribution in [3.63, 3.8) is 0 Å². The van der Waals surface area contributed by atoms with E-state index in [0.717, 1.165) is 18.1 Å². The van der Waals surface area contributed by atoms with Crippen LogP contribution < -0.4 is 15.4 Å². The van der Waals surface area contributed by atoms with Crippen LogP contribution in [0.5, 0.6) is 5.75 Å². The quantitative estimate of drug-likeness (QED) is 0.862. The molecule has 4 heteroatoms. The van der Waals surface area contributed by atoms with Crippen molar-refractivity contribution in [2.45, 2.75) is 25.3 Å². The summed E-state index contributed by atoms with van der Waals surface area (Å²) in [5, 5.41) is 0. The van der Waals surface area contributed by atoms with Crippen LogP contribution in [-0.2, 0) is 0 Å². The zero-order valence-corrected chi connectivity index (χ0v) is 10.6. The lowest BCUT2D eigenvalue weighted by molar-refractivity contribution is 0.406. The third-order valence-electron chi connectivity index (χ3n) is 3.72. The van der Waals surface area contributed by atoms with Gasteiger partial charge in [-0.1, -0.05) is 6.42 Å². The van der Waals surface area contributed by atoms with E-state index in [1.165, 1.54) is 19.3 Å². The van der Waals surface area contributed by atoms with Gasteiger partial charge in [0.2, 0.25) is 0 Å². The second kappa shape index (κ2) is 5.36. The first-order chi connectivity index (χ1) is 8.27. The number of methoxy groups -OCH3 is 1. The molecule has 0 saturated heterocycles. The molecule has 2 N–H and O–H groups in total. The van der Waals surface area contributed by atoms with Crippen LogP contribution in [0.1, 0.15) is 19.3 Å². The number of aromatic nitrogens is 1. The third kappa shape index (κ3) is 2.36. The van der Waals surface area contributed by atoms with Gasteiger partial charge < -0.3 is 15.4 Å². The molecule has 0 bridgehead atoms. The van der Waals surface area contributed by atoms with Crippen molar-refractivity contribution in [3.8, 4) is 5.75 Å². The maximum absolute atomic E-state index is 5.83. The topological polar surface area (TPSA) is 51.4 Å². The van der Waals surface area contributed by atoms with E-state index in [1.807, 2.05) is 12.1 Å². The summed E-state index contributed by atoms with van der Waals surface area (Å²) < 4.78 is 5.36. The number of ether oxygens (including phenoxy) is 1. The molecule has 1 aliphatic carbocycles. The summed E-state index contributed by atoms with van der Waals surface area (Å²) in [6.07, 6.45) is 5.48. The number of anilines is 1. The van der Waals surface area contributed by atoms with E-state index in [-0.39, 0.29) is 0 Å². The van der Waals surface area contributed by atoms with Crippen molar-refractivity contribution in [1.82, 2.24) is 4.98 Å². The Morgan fingerprint density at radius 3 is 3.06 bits per heavy atom. The Bertz CT molecular complexity index is 369. The van der Waals surface area contributed by atoms with E-state index in [4.69, 9.17) is 10.5 Å². The lowest BCUT2D eigenvalue weighted by atomic mass is 10.0. The number of hydrogen-bond acceptors (Lipinski definition) is 4. The van der Waals surface area contributed by atoms with Crippen molar-refractivity contribution in [2.75, 3.05) is 25.6 Å². The number of nitrogens with zero attached hydrogens (tertiary/aromatic N) is 2. The average molecular weight is 235 g/mol. The molecular weight excluding hydrogens is 214 g/mol. The highest BCUT2D eigenvalue weighted by Crippen LogP contribution is 2.34. The molecule has 0 spiro atoms. The molecule has 17 heavy (non-hydrogen) atoms. The van der Waals surface area contributed by atoms with Gasteiger partial charge >= 0.3 is 0 Å². The van der Waals surface area contributed by atoms with Crippen LogP contribution in [0.3, 0.4) is 0 Å². The lowest BCUT2D eigenvalue weighted by Gasteiger charge is -2.30. The summed E-state index contributed by atoms with van der Waals surface area (Å²) in [6.45, 7) is 0.754. The maximum atomic E-state index is 5.83. The largest absolute Gasteiger partial charge is 0.493 e. The molecule has 0 aliphatic heterocycles. The fourth-order valence-corrected chi connectivity index (χ4v) is 2.77. The lowest BCUT2D eigenvalue weighted by Crippen LogP contribution is -2.38. The maximum Gasteiger partial charge on any atom is 0.171 e. The molecule has 2 atom stereocenters. The first-order valence-corrected chi connectivity index (χ1v) is 6.19. The highest BCUT2D eigenvalue weighted by atomic mass is 16.5. The predicted molar refractivity (Wildman–Crippen MR) is 69.4 cm³/mol. The molecule has 0 radical (unpaired) electrons. The van der Waals surface area contributed by atoms with Gasteiger partial charge in [-0.05, 0) is 37.4 Å². The van der Waals surface area contributed by atoms with Gasteiger partial charge in [-0.15, -0.1) is 0 Å². The van der Waals surface area contributed by atoms with Crippen molar-refractivity contribution in [1.29, 1.82) is 0 Å². The molecule has 1 aromatic heterocycles. The van der Waals surface area contributed by atoms with Crippen molar-refractivity contribution < 1.29 is 4.74 Å². The van der Waals surface area contributed by atoms with Crippen molar-refractivity contribution in [2.24, 2.45) is 11.7 Å². The number of hydrogen-bond donors (Lipinski definition) is 1. The standard InChI is InChI=1S/C13H21N3O/c1-16(11-6-3-5-10(11)9-14)13-12(17-2)7-4-8-15-13/h4,7-8,10-11H,3,5-6,9,14H2,1-2H3. The molecule has 4 nitrogen and oxygen atoms in total. The molecule has 1 aromatic rings. The van der Waals surface area contributed by atoms with Gasteiger partial charge in [0, 0.05) is 19.3 Å². The molecule has 2 unspecified atom stereocenters. The van der Waals surface area contributed by atoms with Crippen LogP contribution in [0, 0.1) is 5.92 Å². The summed E-state index contributed by atoms with van der Waals surface area (Å²) in [4.78, 5) is 6.65. The minimum absolute atomic E-state index is 0.490. The van der Waals surface area contributed by atoms with Crippen molar-refractivity contribution >= 4 is 5.82 Å². The van der Waals surface area contributed by atoms with Gasteiger partial charge in [0.05, 0.1) is 7.11 Å². The predicted octanol–water partition coefficient (Wildman–Crippen LogP) is 1.65. The van der Waals surface area contributed by atoms with Gasteiger partial charge in [0.15, 0.2) is 11.6 Å². The summed E-state index contributed by atoms with van der Waals surface area (Å²) in [5.41, 5.74) is 5.83. The Hall–Kier alpha value is -1.29. The minimum atomic E-state index is 0.490. The van der Waals surface area contributed by atoms with E-state index in [9.17, 15) is 0 Å². The van der Waals surface area contributed by atoms with Crippen LogP contribution in [0.15, 0.2) is 18.3 Å². The molecule has 94 valence electrons. The van der Waals surface area contributed by atoms with Gasteiger partial charge in [-0.2, -0.15) is 0 Å². The van der Waals surface area contributed by atoms with E-state index < -0.39 is 0 Å². The van der Waals surface area contributed by atoms with Crippen LogP contribution >= 0.6 is 0 Å². The molecule has 1 aliphatic rings. The van der Waals surface area contributed by atoms with E-state index in [1.54, 1.807) is 13.3 Å². The Morgan fingerprint density at radius 2 is 2.35 bits per heavy atom. The molecule has 0 aromatic carbocycles. The second-order valence-electron chi connectivity index (χ2n) is 4.63. The summed E-state index contributed by atoms with van der Waals surface area (Å²) in [5.74, 6) is 2.32. The van der Waals surface area contributed by atoms with Gasteiger partial charge in [0.1, 0.15) is 0 Å². The molecular formula is C13H21N3O. The number of nitrogens with two attached hydrogens (primary N) is 1. The number of pyridine rings is 1. The second-order valence-corrected chi connectivity index (χ2v) is 4.63. The normalized spacial score (nSPS) is 23.7. The third-order valence-corrected chi connectivity index (χ3v) is 3.72. The highest BCUT2D eigenvalue weighted by Gasteiger charge is 2.30. The zero-order valence-electron chi connectivity index (χ0n) is 10.6. The molecule has 0 amide bonds. The van der Waals surface area contributed by atoms with Crippen molar-refractivity contribution in [3.05, 3.63) is 18.3 Å². The fraction of sp³-hybridized carbons (Fsp3) is 0.615. The highest BCUT2D eigenvalue weighted by molar-refractivity contribution is 5.52. The first kappa shape index (κ1) is 12.2. The fourth-order valence-electron chi connectivity index (χ4n) is 2.77. The Labute approximate surface area is 103 Å². The monoisotopic (exact) mass is 235 g/mol. The van der Waals surface area contributed by atoms with Gasteiger partial charge in [0.25, 0.3) is 0 Å². The average Bonchev–Trinajstić information content (AvgIpc) is 2.86. The molecule has 2 rings (SSSR count). The Morgan fingerprint density at radius 1 is 1.53 bits per heavy atom. The minimum Gasteiger partial charge on any atom is -0.493 e. The smallest absolute Gasteiger partial charge is 0.171 e. The van der Waals surface area contributed by atoms with Crippen LogP contribution in [0.4, 0.5) is 5.82 Å². The van der Waals surface area contributed by atoms with Gasteiger partial charge in [-0.25, -0.2) is 4.98 Å².